The van der Waals surface area contributed by atoms with Crippen molar-refractivity contribution in [2.45, 2.75) is 65.6 Å². The predicted octanol–water partition coefficient (Wildman–Crippen LogP) is 4.53. The van der Waals surface area contributed by atoms with E-state index in [0.717, 1.165) is 18.2 Å². The zero-order chi connectivity index (χ0) is 26.2. The van der Waals surface area contributed by atoms with Crippen LogP contribution >= 0.6 is 11.6 Å². The maximum atomic E-state index is 13.3. The molecule has 2 amide bonds. The lowest BCUT2D eigenvalue weighted by Gasteiger charge is -2.30. The Balaban J connectivity index is 2.18. The number of carbonyl (C=O) groups excluding carboxylic acids is 2. The van der Waals surface area contributed by atoms with E-state index >= 15 is 0 Å². The van der Waals surface area contributed by atoms with Gasteiger partial charge in [0, 0.05) is 30.6 Å². The number of halogens is 1. The molecule has 0 aliphatic rings. The summed E-state index contributed by atoms with van der Waals surface area (Å²) in [7, 11) is -3.58. The third-order valence-electron chi connectivity index (χ3n) is 6.02. The van der Waals surface area contributed by atoms with Crippen LogP contribution in [0.3, 0.4) is 0 Å². The highest BCUT2D eigenvalue weighted by Gasteiger charge is 2.27. The van der Waals surface area contributed by atoms with Crippen LogP contribution in [-0.4, -0.2) is 50.0 Å². The van der Waals surface area contributed by atoms with Gasteiger partial charge in [0.1, 0.15) is 6.04 Å². The molecule has 1 N–H and O–H groups in total. The monoisotopic (exact) mass is 521 g/mol. The Labute approximate surface area is 214 Å². The molecule has 2 atom stereocenters. The molecule has 0 spiro atoms. The van der Waals surface area contributed by atoms with E-state index in [2.05, 4.69) is 5.32 Å². The lowest BCUT2D eigenvalue weighted by atomic mass is 10.1. The number of anilines is 1. The van der Waals surface area contributed by atoms with Gasteiger partial charge in [-0.25, -0.2) is 8.42 Å². The normalized spacial score (nSPS) is 13.1. The lowest BCUT2D eigenvalue weighted by Crippen LogP contribution is -2.49. The van der Waals surface area contributed by atoms with Crippen molar-refractivity contribution in [3.05, 3.63) is 64.7 Å². The Morgan fingerprint density at radius 3 is 2.31 bits per heavy atom. The molecular formula is C26H36ClN3O4S. The lowest BCUT2D eigenvalue weighted by molar-refractivity contribution is -0.140. The maximum Gasteiger partial charge on any atom is 0.242 e. The van der Waals surface area contributed by atoms with Gasteiger partial charge in [0.15, 0.2) is 0 Å². The zero-order valence-electron chi connectivity index (χ0n) is 21.1. The van der Waals surface area contributed by atoms with Crippen LogP contribution in [0.1, 0.15) is 51.2 Å². The van der Waals surface area contributed by atoms with Crippen molar-refractivity contribution in [2.24, 2.45) is 0 Å². The van der Waals surface area contributed by atoms with E-state index in [4.69, 9.17) is 11.6 Å². The summed E-state index contributed by atoms with van der Waals surface area (Å²) in [6.07, 6.45) is 2.32. The first-order valence-electron chi connectivity index (χ1n) is 11.8. The smallest absolute Gasteiger partial charge is 0.242 e. The topological polar surface area (TPSA) is 86.8 Å². The molecule has 0 saturated carbocycles. The quantitative estimate of drug-likeness (QED) is 0.444. The summed E-state index contributed by atoms with van der Waals surface area (Å²) in [6.45, 7) is 7.80. The van der Waals surface area contributed by atoms with Gasteiger partial charge in [0.25, 0.3) is 0 Å². The highest BCUT2D eigenvalue weighted by atomic mass is 35.5. The summed E-state index contributed by atoms with van der Waals surface area (Å²) >= 11 is 6.20. The number of hydrogen-bond donors (Lipinski definition) is 1. The molecule has 0 saturated heterocycles. The van der Waals surface area contributed by atoms with Gasteiger partial charge in [0.05, 0.1) is 11.9 Å². The van der Waals surface area contributed by atoms with Crippen LogP contribution in [0.5, 0.6) is 0 Å². The third-order valence-corrected chi connectivity index (χ3v) is 7.61. The fourth-order valence-electron chi connectivity index (χ4n) is 3.68. The number of amides is 2. The number of benzene rings is 2. The first kappa shape index (κ1) is 28.7. The van der Waals surface area contributed by atoms with E-state index < -0.39 is 16.1 Å². The molecule has 9 heteroatoms. The van der Waals surface area contributed by atoms with Crippen LogP contribution in [0.2, 0.25) is 5.02 Å². The van der Waals surface area contributed by atoms with Crippen LogP contribution in [0.25, 0.3) is 0 Å². The number of rotatable bonds is 12. The predicted molar refractivity (Wildman–Crippen MR) is 142 cm³/mol. The van der Waals surface area contributed by atoms with Gasteiger partial charge < -0.3 is 10.2 Å². The van der Waals surface area contributed by atoms with Gasteiger partial charge in [-0.2, -0.15) is 0 Å². The number of carbonyl (C=O) groups is 2. The summed E-state index contributed by atoms with van der Waals surface area (Å²) in [5, 5.41) is 3.42. The van der Waals surface area contributed by atoms with Crippen molar-refractivity contribution in [1.82, 2.24) is 10.2 Å². The number of sulfonamides is 1. The van der Waals surface area contributed by atoms with Crippen molar-refractivity contribution < 1.29 is 18.0 Å². The third kappa shape index (κ3) is 8.25. The standard InChI is InChI=1S/C26H36ClN3O4S/c1-6-19(2)28-26(32)21(4)29(18-22-12-8-7-9-13-22)25(31)16-11-17-30(35(5,33)34)24-15-10-14-23(27)20(24)3/h7-10,12-15,19,21H,6,11,16-18H2,1-5H3,(H,28,32)/t19-,21-/m0/s1. The second-order valence-corrected chi connectivity index (χ2v) is 11.1. The van der Waals surface area contributed by atoms with E-state index in [1.807, 2.05) is 44.2 Å². The summed E-state index contributed by atoms with van der Waals surface area (Å²) in [6, 6.07) is 13.9. The molecular weight excluding hydrogens is 486 g/mol. The molecule has 0 aliphatic carbocycles. The Bertz CT molecular complexity index is 1110. The first-order chi connectivity index (χ1) is 16.5. The summed E-state index contributed by atoms with van der Waals surface area (Å²) in [5.41, 5.74) is 2.07. The van der Waals surface area contributed by atoms with E-state index in [1.165, 1.54) is 4.31 Å². The molecule has 0 heterocycles. The molecule has 7 nitrogen and oxygen atoms in total. The molecule has 0 unspecified atom stereocenters. The van der Waals surface area contributed by atoms with Gasteiger partial charge in [-0.15, -0.1) is 0 Å². The fraction of sp³-hybridized carbons (Fsp3) is 0.462. The Morgan fingerprint density at radius 1 is 1.06 bits per heavy atom. The molecule has 0 fully saturated rings. The van der Waals surface area contributed by atoms with Crippen LogP contribution in [0, 0.1) is 6.92 Å². The summed E-state index contributed by atoms with van der Waals surface area (Å²) in [4.78, 5) is 27.7. The average Bonchev–Trinajstić information content (AvgIpc) is 2.81. The maximum absolute atomic E-state index is 13.3. The Kier molecular flexibility index (Phi) is 10.6. The number of nitrogens with zero attached hydrogens (tertiary/aromatic N) is 2. The molecule has 0 aromatic heterocycles. The first-order valence-corrected chi connectivity index (χ1v) is 14.0. The van der Waals surface area contributed by atoms with Crippen molar-refractivity contribution in [3.63, 3.8) is 0 Å². The van der Waals surface area contributed by atoms with Crippen LogP contribution < -0.4 is 9.62 Å². The SMILES string of the molecule is CC[C@H](C)NC(=O)[C@H](C)N(Cc1ccccc1)C(=O)CCCN(c1cccc(Cl)c1C)S(C)(=O)=O. The Hall–Kier alpha value is -2.58. The second-order valence-electron chi connectivity index (χ2n) is 8.82. The van der Waals surface area contributed by atoms with Crippen LogP contribution in [0.15, 0.2) is 48.5 Å². The minimum absolute atomic E-state index is 0.00267. The van der Waals surface area contributed by atoms with Gasteiger partial charge in [0.2, 0.25) is 21.8 Å². The molecule has 192 valence electrons. The minimum atomic E-state index is -3.58. The van der Waals surface area contributed by atoms with Gasteiger partial charge in [-0.1, -0.05) is 54.9 Å². The van der Waals surface area contributed by atoms with Crippen molar-refractivity contribution in [1.29, 1.82) is 0 Å². The van der Waals surface area contributed by atoms with Crippen LogP contribution in [-0.2, 0) is 26.2 Å². The fourth-order valence-corrected chi connectivity index (χ4v) is 4.86. The van der Waals surface area contributed by atoms with Gasteiger partial charge in [-0.3, -0.25) is 13.9 Å². The molecule has 2 rings (SSSR count). The van der Waals surface area contributed by atoms with E-state index in [1.54, 1.807) is 36.9 Å². The average molecular weight is 522 g/mol. The minimum Gasteiger partial charge on any atom is -0.352 e. The molecule has 2 aromatic rings. The molecule has 0 radical (unpaired) electrons. The van der Waals surface area contributed by atoms with Crippen molar-refractivity contribution in [2.75, 3.05) is 17.1 Å². The zero-order valence-corrected chi connectivity index (χ0v) is 22.7. The largest absolute Gasteiger partial charge is 0.352 e. The number of hydrogen-bond acceptors (Lipinski definition) is 4. The highest BCUT2D eigenvalue weighted by molar-refractivity contribution is 7.92. The van der Waals surface area contributed by atoms with Crippen molar-refractivity contribution >= 4 is 39.1 Å². The molecule has 0 aliphatic heterocycles. The van der Waals surface area contributed by atoms with Gasteiger partial charge >= 0.3 is 0 Å². The van der Waals surface area contributed by atoms with Crippen molar-refractivity contribution in [3.8, 4) is 0 Å². The summed E-state index contributed by atoms with van der Waals surface area (Å²) < 4.78 is 26.3. The van der Waals surface area contributed by atoms with Gasteiger partial charge in [-0.05, 0) is 56.9 Å². The van der Waals surface area contributed by atoms with Crippen LogP contribution in [0.4, 0.5) is 5.69 Å². The van der Waals surface area contributed by atoms with E-state index in [9.17, 15) is 18.0 Å². The Morgan fingerprint density at radius 2 is 1.71 bits per heavy atom. The number of nitrogens with one attached hydrogen (secondary N) is 1. The van der Waals surface area contributed by atoms with E-state index in [-0.39, 0.29) is 37.4 Å². The summed E-state index contributed by atoms with van der Waals surface area (Å²) in [5.74, 6) is -0.423. The molecule has 35 heavy (non-hydrogen) atoms. The molecule has 0 bridgehead atoms. The second kappa shape index (κ2) is 12.9. The molecule has 2 aromatic carbocycles. The van der Waals surface area contributed by atoms with E-state index in [0.29, 0.717) is 22.7 Å². The highest BCUT2D eigenvalue weighted by Crippen LogP contribution is 2.28.